The van der Waals surface area contributed by atoms with Crippen molar-refractivity contribution in [3.8, 4) is 28.5 Å². The Morgan fingerprint density at radius 2 is 1.79 bits per heavy atom. The van der Waals surface area contributed by atoms with Gasteiger partial charge in [0.2, 0.25) is 5.88 Å². The SMILES string of the molecule is COc1nccc2c(-c3cc(CN4CCC(NC(=O)OC(C)(C)C)CC4)ccc3Oc3ccc(F)cc3F)cn(C)c12. The van der Waals surface area contributed by atoms with Gasteiger partial charge in [0.1, 0.15) is 22.7 Å². The van der Waals surface area contributed by atoms with Crippen molar-refractivity contribution in [3.63, 3.8) is 0 Å². The van der Waals surface area contributed by atoms with Crippen LogP contribution in [0.1, 0.15) is 39.2 Å². The highest BCUT2D eigenvalue weighted by atomic mass is 19.1. The molecule has 3 heterocycles. The second kappa shape index (κ2) is 12.0. The maximum absolute atomic E-state index is 14.6. The molecule has 1 aliphatic heterocycles. The Labute approximate surface area is 244 Å². The number of methoxy groups -OCH3 is 1. The first-order valence-corrected chi connectivity index (χ1v) is 14.0. The predicted octanol–water partition coefficient (Wildman–Crippen LogP) is 6.81. The number of ether oxygens (including phenoxy) is 3. The van der Waals surface area contributed by atoms with Gasteiger partial charge in [-0.05, 0) is 69.5 Å². The number of nitrogens with zero attached hydrogens (tertiary/aromatic N) is 3. The van der Waals surface area contributed by atoms with Crippen LogP contribution in [0.25, 0.3) is 22.0 Å². The van der Waals surface area contributed by atoms with Gasteiger partial charge in [-0.3, -0.25) is 4.90 Å². The summed E-state index contributed by atoms with van der Waals surface area (Å²) in [6, 6.07) is 11.1. The zero-order chi connectivity index (χ0) is 30.0. The van der Waals surface area contributed by atoms with E-state index in [0.29, 0.717) is 18.2 Å². The summed E-state index contributed by atoms with van der Waals surface area (Å²) in [5.74, 6) is -0.588. The molecule has 1 aliphatic rings. The van der Waals surface area contributed by atoms with Crippen molar-refractivity contribution in [3.05, 3.63) is 72.1 Å². The number of pyridine rings is 1. The van der Waals surface area contributed by atoms with Gasteiger partial charge in [0.05, 0.1) is 7.11 Å². The molecule has 222 valence electrons. The van der Waals surface area contributed by atoms with Crippen LogP contribution in [-0.4, -0.2) is 52.4 Å². The topological polar surface area (TPSA) is 77.8 Å². The van der Waals surface area contributed by atoms with E-state index in [1.165, 1.54) is 12.1 Å². The fraction of sp³-hybridized carbons (Fsp3) is 0.375. The van der Waals surface area contributed by atoms with E-state index in [2.05, 4.69) is 15.2 Å². The van der Waals surface area contributed by atoms with Crippen molar-refractivity contribution >= 4 is 17.0 Å². The fourth-order valence-corrected chi connectivity index (χ4v) is 5.30. The van der Waals surface area contributed by atoms with Crippen molar-refractivity contribution in [1.82, 2.24) is 19.8 Å². The van der Waals surface area contributed by atoms with Crippen LogP contribution in [0.4, 0.5) is 13.6 Å². The van der Waals surface area contributed by atoms with Gasteiger partial charge >= 0.3 is 6.09 Å². The molecular formula is C32H36F2N4O4. The summed E-state index contributed by atoms with van der Waals surface area (Å²) in [5, 5.41) is 3.88. The summed E-state index contributed by atoms with van der Waals surface area (Å²) in [5.41, 5.74) is 2.96. The minimum Gasteiger partial charge on any atom is -0.479 e. The van der Waals surface area contributed by atoms with Crippen LogP contribution in [0.5, 0.6) is 17.4 Å². The van der Waals surface area contributed by atoms with Crippen LogP contribution in [-0.2, 0) is 18.3 Å². The first-order valence-electron chi connectivity index (χ1n) is 14.0. The van der Waals surface area contributed by atoms with E-state index in [1.54, 1.807) is 13.3 Å². The Hall–Kier alpha value is -4.18. The molecule has 0 spiro atoms. The number of fused-ring (bicyclic) bond motifs is 1. The van der Waals surface area contributed by atoms with E-state index >= 15 is 0 Å². The molecule has 0 atom stereocenters. The number of carbonyl (C=O) groups excluding carboxylic acids is 1. The molecule has 0 radical (unpaired) electrons. The molecule has 0 saturated carbocycles. The zero-order valence-corrected chi connectivity index (χ0v) is 24.5. The van der Waals surface area contributed by atoms with Crippen LogP contribution in [0, 0.1) is 11.6 Å². The molecule has 10 heteroatoms. The van der Waals surface area contributed by atoms with Gasteiger partial charge in [0, 0.05) is 67.7 Å². The highest BCUT2D eigenvalue weighted by Crippen LogP contribution is 2.41. The van der Waals surface area contributed by atoms with E-state index < -0.39 is 17.2 Å². The van der Waals surface area contributed by atoms with E-state index in [1.807, 2.05) is 62.8 Å². The van der Waals surface area contributed by atoms with Crippen LogP contribution in [0.3, 0.4) is 0 Å². The third kappa shape index (κ3) is 6.65. The van der Waals surface area contributed by atoms with Gasteiger partial charge < -0.3 is 24.1 Å². The molecule has 0 unspecified atom stereocenters. The Balaban J connectivity index is 1.41. The Morgan fingerprint density at radius 3 is 2.48 bits per heavy atom. The Morgan fingerprint density at radius 1 is 1.05 bits per heavy atom. The van der Waals surface area contributed by atoms with Crippen molar-refractivity contribution in [2.45, 2.75) is 51.8 Å². The summed E-state index contributed by atoms with van der Waals surface area (Å²) in [4.78, 5) is 18.9. The fourth-order valence-electron chi connectivity index (χ4n) is 5.30. The van der Waals surface area contributed by atoms with Gasteiger partial charge in [-0.1, -0.05) is 6.07 Å². The van der Waals surface area contributed by atoms with Crippen LogP contribution >= 0.6 is 0 Å². The largest absolute Gasteiger partial charge is 0.479 e. The lowest BCUT2D eigenvalue weighted by molar-refractivity contribution is 0.0477. The van der Waals surface area contributed by atoms with Crippen molar-refractivity contribution in [2.24, 2.45) is 7.05 Å². The number of halogens is 2. The summed E-state index contributed by atoms with van der Waals surface area (Å²) in [7, 11) is 3.49. The number of rotatable bonds is 7. The number of amides is 1. The number of likely N-dealkylation sites (tertiary alicyclic amines) is 1. The number of benzene rings is 2. The van der Waals surface area contributed by atoms with Crippen LogP contribution < -0.4 is 14.8 Å². The molecule has 8 nitrogen and oxygen atoms in total. The molecule has 42 heavy (non-hydrogen) atoms. The molecule has 2 aromatic carbocycles. The molecule has 5 rings (SSSR count). The van der Waals surface area contributed by atoms with Gasteiger partial charge in [-0.25, -0.2) is 18.6 Å². The average Bonchev–Trinajstić information content (AvgIpc) is 3.27. The van der Waals surface area contributed by atoms with Gasteiger partial charge in [-0.2, -0.15) is 0 Å². The smallest absolute Gasteiger partial charge is 0.407 e. The molecule has 1 N–H and O–H groups in total. The summed E-state index contributed by atoms with van der Waals surface area (Å²) in [6.45, 7) is 7.86. The van der Waals surface area contributed by atoms with E-state index in [-0.39, 0.29) is 17.9 Å². The van der Waals surface area contributed by atoms with Crippen molar-refractivity contribution in [1.29, 1.82) is 0 Å². The summed E-state index contributed by atoms with van der Waals surface area (Å²) in [6.07, 6.45) is 4.89. The quantitative estimate of drug-likeness (QED) is 0.260. The number of nitrogens with one attached hydrogen (secondary N) is 1. The lowest BCUT2D eigenvalue weighted by Gasteiger charge is -2.33. The number of aryl methyl sites for hydroxylation is 1. The van der Waals surface area contributed by atoms with Gasteiger partial charge in [0.25, 0.3) is 0 Å². The second-order valence-corrected chi connectivity index (χ2v) is 11.6. The number of carbonyl (C=O) groups is 1. The summed E-state index contributed by atoms with van der Waals surface area (Å²) < 4.78 is 47.0. The molecular weight excluding hydrogens is 542 g/mol. The highest BCUT2D eigenvalue weighted by Gasteiger charge is 2.24. The number of hydrogen-bond acceptors (Lipinski definition) is 6. The third-order valence-corrected chi connectivity index (χ3v) is 7.21. The minimum absolute atomic E-state index is 0.0623. The highest BCUT2D eigenvalue weighted by molar-refractivity contribution is 5.99. The molecule has 4 aromatic rings. The van der Waals surface area contributed by atoms with E-state index in [4.69, 9.17) is 14.2 Å². The molecule has 0 bridgehead atoms. The lowest BCUT2D eigenvalue weighted by atomic mass is 10.00. The summed E-state index contributed by atoms with van der Waals surface area (Å²) >= 11 is 0. The van der Waals surface area contributed by atoms with Crippen molar-refractivity contribution < 1.29 is 27.8 Å². The first kappa shape index (κ1) is 29.3. The molecule has 1 fully saturated rings. The maximum atomic E-state index is 14.6. The predicted molar refractivity (Wildman–Crippen MR) is 157 cm³/mol. The molecule has 2 aromatic heterocycles. The van der Waals surface area contributed by atoms with Gasteiger partial charge in [0.15, 0.2) is 11.6 Å². The first-order chi connectivity index (χ1) is 20.0. The number of aromatic nitrogens is 2. The maximum Gasteiger partial charge on any atom is 0.407 e. The Bertz CT molecular complexity index is 1590. The standard InChI is InChI=1S/C32H36F2N4O4/c1-32(2,3)42-31(39)36-22-11-14-38(15-12-22)18-20-6-8-27(41-28-9-7-21(33)17-26(28)34)24(16-20)25-19-37(4)29-23(25)10-13-35-30(29)40-5/h6-10,13,16-17,19,22H,11-12,14-15,18H2,1-5H3,(H,36,39). The monoisotopic (exact) mass is 578 g/mol. The third-order valence-electron chi connectivity index (χ3n) is 7.21. The second-order valence-electron chi connectivity index (χ2n) is 11.6. The van der Waals surface area contributed by atoms with E-state index in [0.717, 1.165) is 59.6 Å². The average molecular weight is 579 g/mol. The molecule has 1 saturated heterocycles. The molecule has 0 aliphatic carbocycles. The zero-order valence-electron chi connectivity index (χ0n) is 24.5. The van der Waals surface area contributed by atoms with Gasteiger partial charge in [-0.15, -0.1) is 0 Å². The van der Waals surface area contributed by atoms with Crippen LogP contribution in [0.2, 0.25) is 0 Å². The lowest BCUT2D eigenvalue weighted by Crippen LogP contribution is -2.45. The number of piperidine rings is 1. The van der Waals surface area contributed by atoms with E-state index in [9.17, 15) is 13.6 Å². The Kier molecular flexibility index (Phi) is 8.36. The van der Waals surface area contributed by atoms with Crippen molar-refractivity contribution in [2.75, 3.05) is 20.2 Å². The normalized spacial score (nSPS) is 14.6. The number of alkyl carbamates (subject to hydrolysis) is 1. The van der Waals surface area contributed by atoms with Crippen LogP contribution in [0.15, 0.2) is 54.9 Å². The number of hydrogen-bond donors (Lipinski definition) is 1. The molecule has 1 amide bonds. The minimum atomic E-state index is -0.781.